The van der Waals surface area contributed by atoms with E-state index < -0.39 is 5.91 Å². The summed E-state index contributed by atoms with van der Waals surface area (Å²) in [6.07, 6.45) is 0. The molecule has 0 bridgehead atoms. The molecule has 0 unspecified atom stereocenters. The van der Waals surface area contributed by atoms with E-state index >= 15 is 0 Å². The molecule has 1 aromatic carbocycles. The van der Waals surface area contributed by atoms with Crippen LogP contribution in [-0.4, -0.2) is 22.7 Å². The van der Waals surface area contributed by atoms with Crippen molar-refractivity contribution in [3.63, 3.8) is 0 Å². The summed E-state index contributed by atoms with van der Waals surface area (Å²) in [6, 6.07) is 7.44. The molecular formula is C11H11ClN2O2. The van der Waals surface area contributed by atoms with E-state index in [-0.39, 0.29) is 11.9 Å². The minimum atomic E-state index is -0.470. The van der Waals surface area contributed by atoms with Gasteiger partial charge in [0.1, 0.15) is 5.88 Å². The molecular weight excluding hydrogens is 228 g/mol. The number of carbonyl (C=O) groups is 2. The number of nitrogens with zero attached hydrogens (tertiary/aromatic N) is 1. The Labute approximate surface area is 98.2 Å². The maximum absolute atomic E-state index is 11.6. The second-order valence-electron chi connectivity index (χ2n) is 3.61. The molecule has 0 saturated heterocycles. The number of nitrogens with one attached hydrogen (secondary N) is 1. The van der Waals surface area contributed by atoms with Gasteiger partial charge < -0.3 is 4.90 Å². The number of urea groups is 1. The lowest BCUT2D eigenvalue weighted by Crippen LogP contribution is -2.40. The fraction of sp³-hybridized carbons (Fsp3) is 0.273. The van der Waals surface area contributed by atoms with Crippen molar-refractivity contribution in [2.75, 3.05) is 5.88 Å². The molecule has 0 aliphatic carbocycles. The quantitative estimate of drug-likeness (QED) is 0.754. The number of fused-ring (bicyclic) bond motifs is 1. The highest BCUT2D eigenvalue weighted by atomic mass is 35.5. The Morgan fingerprint density at radius 2 is 1.81 bits per heavy atom. The van der Waals surface area contributed by atoms with Gasteiger partial charge in [-0.25, -0.2) is 4.79 Å². The Morgan fingerprint density at radius 1 is 1.25 bits per heavy atom. The average Bonchev–Trinajstić information content (AvgIpc) is 2.72. The maximum atomic E-state index is 11.6. The van der Waals surface area contributed by atoms with E-state index in [2.05, 4.69) is 5.32 Å². The number of carbonyl (C=O) groups excluding carboxylic acids is 2. The van der Waals surface area contributed by atoms with Crippen molar-refractivity contribution in [3.8, 4) is 0 Å². The van der Waals surface area contributed by atoms with Crippen LogP contribution in [-0.2, 0) is 17.9 Å². The zero-order valence-corrected chi connectivity index (χ0v) is 9.33. The second-order valence-corrected chi connectivity index (χ2v) is 3.88. The fourth-order valence-electron chi connectivity index (χ4n) is 1.71. The van der Waals surface area contributed by atoms with E-state index in [0.717, 1.165) is 11.1 Å². The standard InChI is InChI=1S/C11H11ClN2O2/c12-5-10(15)13-11(16)14-6-8-3-1-2-4-9(8)7-14/h1-4H,5-7H2,(H,13,15,16). The molecule has 0 atom stereocenters. The van der Waals surface area contributed by atoms with E-state index in [0.29, 0.717) is 13.1 Å². The first-order valence-corrected chi connectivity index (χ1v) is 5.45. The lowest BCUT2D eigenvalue weighted by Gasteiger charge is -2.14. The molecule has 0 saturated carbocycles. The molecule has 5 heteroatoms. The van der Waals surface area contributed by atoms with Crippen LogP contribution in [0, 0.1) is 0 Å². The highest BCUT2D eigenvalue weighted by Crippen LogP contribution is 2.21. The summed E-state index contributed by atoms with van der Waals surface area (Å²) in [5.41, 5.74) is 2.24. The van der Waals surface area contributed by atoms with Crippen molar-refractivity contribution in [2.45, 2.75) is 13.1 Å². The van der Waals surface area contributed by atoms with Gasteiger partial charge in [-0.2, -0.15) is 0 Å². The molecule has 0 spiro atoms. The lowest BCUT2D eigenvalue weighted by atomic mass is 10.1. The summed E-state index contributed by atoms with van der Waals surface area (Å²) in [5.74, 6) is -0.672. The Balaban J connectivity index is 2.01. The summed E-state index contributed by atoms with van der Waals surface area (Å²) < 4.78 is 0. The molecule has 0 fully saturated rings. The Hall–Kier alpha value is -1.55. The summed E-state index contributed by atoms with van der Waals surface area (Å²) in [5, 5.41) is 2.22. The van der Waals surface area contributed by atoms with Crippen LogP contribution in [0.2, 0.25) is 0 Å². The zero-order valence-electron chi connectivity index (χ0n) is 8.57. The number of hydrogen-bond donors (Lipinski definition) is 1. The normalized spacial score (nSPS) is 13.4. The molecule has 1 heterocycles. The predicted octanol–water partition coefficient (Wildman–Crippen LogP) is 1.48. The number of alkyl halides is 1. The third kappa shape index (κ3) is 2.17. The monoisotopic (exact) mass is 238 g/mol. The molecule has 84 valence electrons. The summed E-state index contributed by atoms with van der Waals surface area (Å²) in [6.45, 7) is 1.08. The van der Waals surface area contributed by atoms with Gasteiger partial charge in [0.2, 0.25) is 5.91 Å². The highest BCUT2D eigenvalue weighted by molar-refractivity contribution is 6.28. The molecule has 1 aliphatic rings. The van der Waals surface area contributed by atoms with Gasteiger partial charge in [0.05, 0.1) is 0 Å². The number of benzene rings is 1. The third-order valence-electron chi connectivity index (χ3n) is 2.50. The predicted molar refractivity (Wildman–Crippen MR) is 59.9 cm³/mol. The van der Waals surface area contributed by atoms with Crippen LogP contribution in [0.5, 0.6) is 0 Å². The van der Waals surface area contributed by atoms with Crippen LogP contribution in [0.3, 0.4) is 0 Å². The van der Waals surface area contributed by atoms with Gasteiger partial charge in [-0.3, -0.25) is 10.1 Å². The van der Waals surface area contributed by atoms with Crippen LogP contribution < -0.4 is 5.32 Å². The van der Waals surface area contributed by atoms with Gasteiger partial charge in [0, 0.05) is 13.1 Å². The summed E-state index contributed by atoms with van der Waals surface area (Å²) >= 11 is 5.31. The largest absolute Gasteiger partial charge is 0.324 e. The van der Waals surface area contributed by atoms with Crippen molar-refractivity contribution in [2.24, 2.45) is 0 Å². The minimum Gasteiger partial charge on any atom is -0.316 e. The highest BCUT2D eigenvalue weighted by Gasteiger charge is 2.23. The van der Waals surface area contributed by atoms with Crippen molar-refractivity contribution in [3.05, 3.63) is 35.4 Å². The first-order valence-electron chi connectivity index (χ1n) is 4.92. The SMILES string of the molecule is O=C(CCl)NC(=O)N1Cc2ccccc2C1. The van der Waals surface area contributed by atoms with E-state index in [4.69, 9.17) is 11.6 Å². The Kier molecular flexibility index (Phi) is 3.10. The van der Waals surface area contributed by atoms with Gasteiger partial charge in [-0.05, 0) is 11.1 Å². The molecule has 16 heavy (non-hydrogen) atoms. The average molecular weight is 239 g/mol. The maximum Gasteiger partial charge on any atom is 0.324 e. The summed E-state index contributed by atoms with van der Waals surface area (Å²) in [7, 11) is 0. The third-order valence-corrected chi connectivity index (χ3v) is 2.74. The molecule has 1 aliphatic heterocycles. The topological polar surface area (TPSA) is 49.4 Å². The zero-order chi connectivity index (χ0) is 11.5. The minimum absolute atomic E-state index is 0.202. The molecule has 0 aromatic heterocycles. The fourth-order valence-corrected chi connectivity index (χ4v) is 1.78. The van der Waals surface area contributed by atoms with Crippen LogP contribution in [0.15, 0.2) is 24.3 Å². The number of rotatable bonds is 1. The van der Waals surface area contributed by atoms with Crippen molar-refractivity contribution < 1.29 is 9.59 Å². The van der Waals surface area contributed by atoms with Gasteiger partial charge in [-0.1, -0.05) is 24.3 Å². The van der Waals surface area contributed by atoms with E-state index in [1.165, 1.54) is 0 Å². The first kappa shape index (κ1) is 11.0. The Morgan fingerprint density at radius 3 is 2.31 bits per heavy atom. The number of imide groups is 1. The Bertz CT molecular complexity index is 409. The molecule has 2 rings (SSSR count). The van der Waals surface area contributed by atoms with Gasteiger partial charge in [0.15, 0.2) is 0 Å². The van der Waals surface area contributed by atoms with E-state index in [1.807, 2.05) is 24.3 Å². The molecule has 3 amide bonds. The van der Waals surface area contributed by atoms with Crippen LogP contribution in [0.25, 0.3) is 0 Å². The van der Waals surface area contributed by atoms with Gasteiger partial charge in [-0.15, -0.1) is 11.6 Å². The second kappa shape index (κ2) is 4.53. The van der Waals surface area contributed by atoms with Crippen molar-refractivity contribution in [1.82, 2.24) is 10.2 Å². The van der Waals surface area contributed by atoms with Crippen LogP contribution in [0.1, 0.15) is 11.1 Å². The van der Waals surface area contributed by atoms with Crippen LogP contribution >= 0.6 is 11.6 Å². The molecule has 4 nitrogen and oxygen atoms in total. The molecule has 1 aromatic rings. The van der Waals surface area contributed by atoms with Crippen molar-refractivity contribution >= 4 is 23.5 Å². The molecule has 1 N–H and O–H groups in total. The van der Waals surface area contributed by atoms with Crippen LogP contribution in [0.4, 0.5) is 4.79 Å². The van der Waals surface area contributed by atoms with Crippen molar-refractivity contribution in [1.29, 1.82) is 0 Å². The smallest absolute Gasteiger partial charge is 0.316 e. The number of amides is 3. The first-order chi connectivity index (χ1) is 7.70. The number of hydrogen-bond acceptors (Lipinski definition) is 2. The van der Waals surface area contributed by atoms with Gasteiger partial charge in [0.25, 0.3) is 0 Å². The lowest BCUT2D eigenvalue weighted by molar-refractivity contribution is -0.117. The molecule has 0 radical (unpaired) electrons. The van der Waals surface area contributed by atoms with E-state index in [1.54, 1.807) is 4.90 Å². The van der Waals surface area contributed by atoms with Gasteiger partial charge >= 0.3 is 6.03 Å². The number of halogens is 1. The van der Waals surface area contributed by atoms with E-state index in [9.17, 15) is 9.59 Å². The summed E-state index contributed by atoms with van der Waals surface area (Å²) in [4.78, 5) is 24.2.